The first-order chi connectivity index (χ1) is 12.3. The fraction of sp³-hybridized carbons (Fsp3) is 0.579. The zero-order chi connectivity index (χ0) is 19.2. The Kier molecular flexibility index (Phi) is 7.29. The molecule has 0 aliphatic carbocycles. The second kappa shape index (κ2) is 9.24. The maximum absolute atomic E-state index is 12.1. The van der Waals surface area contributed by atoms with Crippen LogP contribution in [0.1, 0.15) is 37.6 Å². The van der Waals surface area contributed by atoms with Gasteiger partial charge in [-0.2, -0.15) is 0 Å². The second-order valence-corrected chi connectivity index (χ2v) is 7.81. The Morgan fingerprint density at radius 3 is 2.42 bits per heavy atom. The van der Waals surface area contributed by atoms with Gasteiger partial charge in [-0.25, -0.2) is 4.79 Å². The number of benzene rings is 1. The van der Waals surface area contributed by atoms with Gasteiger partial charge < -0.3 is 15.0 Å². The topological polar surface area (TPSA) is 61.9 Å². The average molecular weight is 382 g/mol. The molecule has 144 valence electrons. The van der Waals surface area contributed by atoms with E-state index in [9.17, 15) is 9.59 Å². The van der Waals surface area contributed by atoms with Crippen LogP contribution in [0.15, 0.2) is 24.3 Å². The minimum atomic E-state index is -0.464. The summed E-state index contributed by atoms with van der Waals surface area (Å²) in [6.45, 7) is 10.1. The van der Waals surface area contributed by atoms with Gasteiger partial charge >= 0.3 is 6.09 Å². The summed E-state index contributed by atoms with van der Waals surface area (Å²) < 4.78 is 5.40. The maximum atomic E-state index is 12.1. The number of ether oxygens (including phenoxy) is 1. The summed E-state index contributed by atoms with van der Waals surface area (Å²) in [6, 6.07) is 7.02. The van der Waals surface area contributed by atoms with Gasteiger partial charge in [0.1, 0.15) is 5.60 Å². The Morgan fingerprint density at radius 1 is 1.15 bits per heavy atom. The lowest BCUT2D eigenvalue weighted by atomic mass is 10.2. The third-order valence-corrected chi connectivity index (χ3v) is 4.41. The number of carbonyl (C=O) groups excluding carboxylic acids is 2. The van der Waals surface area contributed by atoms with Gasteiger partial charge in [0.25, 0.3) is 5.91 Å². The molecule has 1 N–H and O–H groups in total. The number of carbonyl (C=O) groups is 2. The first kappa shape index (κ1) is 20.5. The standard InChI is InChI=1S/C19H28ClN3O3/c1-19(2,3)26-18(25)23-13-11-22(12-14-23)10-6-9-21-17(24)15-7-4-5-8-16(15)20/h4-5,7-8H,6,9-14H2,1-3H3,(H,21,24). The largest absolute Gasteiger partial charge is 0.444 e. The van der Waals surface area contributed by atoms with Crippen LogP contribution in [0.4, 0.5) is 4.79 Å². The molecular formula is C19H28ClN3O3. The van der Waals surface area contributed by atoms with Crippen molar-refractivity contribution in [1.29, 1.82) is 0 Å². The highest BCUT2D eigenvalue weighted by Gasteiger charge is 2.25. The van der Waals surface area contributed by atoms with Crippen LogP contribution in [0.2, 0.25) is 5.02 Å². The van der Waals surface area contributed by atoms with Crippen LogP contribution < -0.4 is 5.32 Å². The Bertz CT molecular complexity index is 623. The van der Waals surface area contributed by atoms with Gasteiger partial charge in [-0.1, -0.05) is 23.7 Å². The predicted molar refractivity (Wildman–Crippen MR) is 103 cm³/mol. The lowest BCUT2D eigenvalue weighted by molar-refractivity contribution is 0.0144. The third kappa shape index (κ3) is 6.50. The Labute approximate surface area is 160 Å². The zero-order valence-corrected chi connectivity index (χ0v) is 16.5. The van der Waals surface area contributed by atoms with E-state index in [1.54, 1.807) is 29.2 Å². The van der Waals surface area contributed by atoms with Crippen LogP contribution in [-0.4, -0.2) is 66.7 Å². The number of amides is 2. The summed E-state index contributed by atoms with van der Waals surface area (Å²) in [7, 11) is 0. The summed E-state index contributed by atoms with van der Waals surface area (Å²) in [4.78, 5) is 28.2. The van der Waals surface area contributed by atoms with E-state index in [-0.39, 0.29) is 12.0 Å². The Hall–Kier alpha value is -1.79. The van der Waals surface area contributed by atoms with Crippen molar-refractivity contribution in [2.45, 2.75) is 32.8 Å². The minimum Gasteiger partial charge on any atom is -0.444 e. The molecule has 2 rings (SSSR count). The highest BCUT2D eigenvalue weighted by molar-refractivity contribution is 6.33. The van der Waals surface area contributed by atoms with E-state index in [4.69, 9.17) is 16.3 Å². The number of halogens is 1. The lowest BCUT2D eigenvalue weighted by Crippen LogP contribution is -2.50. The Balaban J connectivity index is 1.64. The van der Waals surface area contributed by atoms with Crippen molar-refractivity contribution in [3.63, 3.8) is 0 Å². The van der Waals surface area contributed by atoms with Crippen molar-refractivity contribution in [3.05, 3.63) is 34.9 Å². The molecule has 0 aromatic heterocycles. The number of piperazine rings is 1. The number of hydrogen-bond donors (Lipinski definition) is 1. The SMILES string of the molecule is CC(C)(C)OC(=O)N1CCN(CCCNC(=O)c2ccccc2Cl)CC1. The normalized spacial score (nSPS) is 15.6. The molecule has 0 atom stereocenters. The number of nitrogens with zero attached hydrogens (tertiary/aromatic N) is 2. The van der Waals surface area contributed by atoms with E-state index in [0.29, 0.717) is 30.2 Å². The van der Waals surface area contributed by atoms with Crippen LogP contribution >= 0.6 is 11.6 Å². The first-order valence-electron chi connectivity index (χ1n) is 8.99. The molecule has 0 radical (unpaired) electrons. The van der Waals surface area contributed by atoms with Gasteiger partial charge in [0.05, 0.1) is 10.6 Å². The number of nitrogens with one attached hydrogen (secondary N) is 1. The van der Waals surface area contributed by atoms with E-state index >= 15 is 0 Å². The number of hydrogen-bond acceptors (Lipinski definition) is 4. The molecular weight excluding hydrogens is 354 g/mol. The van der Waals surface area contributed by atoms with Crippen LogP contribution in [0.25, 0.3) is 0 Å². The van der Waals surface area contributed by atoms with Crippen LogP contribution in [0.5, 0.6) is 0 Å². The van der Waals surface area contributed by atoms with Crippen LogP contribution in [0.3, 0.4) is 0 Å². The maximum Gasteiger partial charge on any atom is 0.410 e. The molecule has 1 aliphatic rings. The molecule has 0 spiro atoms. The molecule has 1 heterocycles. The van der Waals surface area contributed by atoms with E-state index < -0.39 is 5.60 Å². The quantitative estimate of drug-likeness (QED) is 0.796. The molecule has 1 saturated heterocycles. The fourth-order valence-corrected chi connectivity index (χ4v) is 2.95. The molecule has 0 saturated carbocycles. The monoisotopic (exact) mass is 381 g/mol. The van der Waals surface area contributed by atoms with Crippen molar-refractivity contribution in [2.75, 3.05) is 39.3 Å². The van der Waals surface area contributed by atoms with Crippen LogP contribution in [0, 0.1) is 0 Å². The van der Waals surface area contributed by atoms with Crippen molar-refractivity contribution in [1.82, 2.24) is 15.1 Å². The summed E-state index contributed by atoms with van der Waals surface area (Å²) in [5, 5.41) is 3.36. The molecule has 1 fully saturated rings. The molecule has 7 heteroatoms. The van der Waals surface area contributed by atoms with E-state index in [1.165, 1.54) is 0 Å². The first-order valence-corrected chi connectivity index (χ1v) is 9.37. The highest BCUT2D eigenvalue weighted by Crippen LogP contribution is 2.14. The van der Waals surface area contributed by atoms with Gasteiger partial charge in [0.2, 0.25) is 0 Å². The van der Waals surface area contributed by atoms with Crippen molar-refractivity contribution < 1.29 is 14.3 Å². The zero-order valence-electron chi connectivity index (χ0n) is 15.8. The van der Waals surface area contributed by atoms with E-state index in [0.717, 1.165) is 26.1 Å². The smallest absolute Gasteiger partial charge is 0.410 e. The molecule has 0 unspecified atom stereocenters. The molecule has 2 amide bonds. The summed E-state index contributed by atoms with van der Waals surface area (Å²) >= 11 is 6.02. The Morgan fingerprint density at radius 2 is 1.81 bits per heavy atom. The van der Waals surface area contributed by atoms with Crippen molar-refractivity contribution in [2.24, 2.45) is 0 Å². The number of rotatable bonds is 5. The van der Waals surface area contributed by atoms with Gasteiger partial charge in [-0.3, -0.25) is 9.69 Å². The minimum absolute atomic E-state index is 0.148. The average Bonchev–Trinajstić information content (AvgIpc) is 2.58. The van der Waals surface area contributed by atoms with E-state index in [1.807, 2.05) is 20.8 Å². The second-order valence-electron chi connectivity index (χ2n) is 7.40. The van der Waals surface area contributed by atoms with Crippen molar-refractivity contribution in [3.8, 4) is 0 Å². The van der Waals surface area contributed by atoms with Gasteiger partial charge in [0, 0.05) is 32.7 Å². The molecule has 0 bridgehead atoms. The molecule has 1 aromatic rings. The molecule has 6 nitrogen and oxygen atoms in total. The third-order valence-electron chi connectivity index (χ3n) is 4.08. The van der Waals surface area contributed by atoms with Crippen molar-refractivity contribution >= 4 is 23.6 Å². The van der Waals surface area contributed by atoms with Gasteiger partial charge in [-0.05, 0) is 45.9 Å². The fourth-order valence-electron chi connectivity index (χ4n) is 2.73. The predicted octanol–water partition coefficient (Wildman–Crippen LogP) is 3.01. The highest BCUT2D eigenvalue weighted by atomic mass is 35.5. The van der Waals surface area contributed by atoms with Crippen LogP contribution in [-0.2, 0) is 4.74 Å². The van der Waals surface area contributed by atoms with E-state index in [2.05, 4.69) is 10.2 Å². The molecule has 1 aromatic carbocycles. The molecule has 1 aliphatic heterocycles. The summed E-state index contributed by atoms with van der Waals surface area (Å²) in [5.41, 5.74) is 0.0359. The lowest BCUT2D eigenvalue weighted by Gasteiger charge is -2.35. The summed E-state index contributed by atoms with van der Waals surface area (Å²) in [5.74, 6) is -0.148. The van der Waals surface area contributed by atoms with Gasteiger partial charge in [0.15, 0.2) is 0 Å². The van der Waals surface area contributed by atoms with Gasteiger partial charge in [-0.15, -0.1) is 0 Å². The molecule has 26 heavy (non-hydrogen) atoms. The summed E-state index contributed by atoms with van der Waals surface area (Å²) in [6.07, 6.45) is 0.604.